The van der Waals surface area contributed by atoms with E-state index >= 15 is 0 Å². The molecule has 2 aromatic rings. The molecule has 9 heteroatoms. The molecular weight excluding hydrogens is 430 g/mol. The van der Waals surface area contributed by atoms with Gasteiger partial charge in [0.1, 0.15) is 5.75 Å². The number of fused-ring (bicyclic) bond motifs is 3. The number of amides is 1. The lowest BCUT2D eigenvalue weighted by molar-refractivity contribution is -0.144. The van der Waals surface area contributed by atoms with Gasteiger partial charge in [-0.05, 0) is 51.5 Å². The summed E-state index contributed by atoms with van der Waals surface area (Å²) in [5.74, 6) is 1.84. The molecule has 1 aromatic carbocycles. The van der Waals surface area contributed by atoms with Crippen molar-refractivity contribution in [3.05, 3.63) is 36.2 Å². The van der Waals surface area contributed by atoms with Crippen molar-refractivity contribution in [2.45, 2.75) is 32.0 Å². The van der Waals surface area contributed by atoms with Gasteiger partial charge in [-0.15, -0.1) is 5.10 Å². The number of carbonyl (C=O) groups excluding carboxylic acids is 1. The van der Waals surface area contributed by atoms with E-state index in [0.717, 1.165) is 82.3 Å². The van der Waals surface area contributed by atoms with Gasteiger partial charge in [-0.25, -0.2) is 0 Å². The molecule has 0 radical (unpaired) electrons. The first-order valence-electron chi connectivity index (χ1n) is 12.5. The predicted octanol–water partition coefficient (Wildman–Crippen LogP) is 1.41. The number of hydrogen-bond donors (Lipinski definition) is 0. The zero-order chi connectivity index (χ0) is 23.7. The maximum atomic E-state index is 13.5. The molecule has 1 unspecified atom stereocenters. The van der Waals surface area contributed by atoms with Crippen molar-refractivity contribution in [1.82, 2.24) is 29.7 Å². The third-order valence-corrected chi connectivity index (χ3v) is 7.68. The Morgan fingerprint density at radius 3 is 2.65 bits per heavy atom. The van der Waals surface area contributed by atoms with Crippen molar-refractivity contribution in [3.63, 3.8) is 0 Å². The van der Waals surface area contributed by atoms with Crippen LogP contribution in [0.4, 0.5) is 5.69 Å². The minimum atomic E-state index is 0.128. The Hall–Kier alpha value is -2.65. The monoisotopic (exact) mass is 467 g/mol. The molecule has 9 nitrogen and oxygen atoms in total. The third kappa shape index (κ3) is 4.77. The Morgan fingerprint density at radius 1 is 1.15 bits per heavy atom. The fourth-order valence-corrected chi connectivity index (χ4v) is 5.94. The van der Waals surface area contributed by atoms with Crippen LogP contribution >= 0.6 is 0 Å². The highest BCUT2D eigenvalue weighted by Crippen LogP contribution is 2.38. The Bertz CT molecular complexity index is 985. The predicted molar refractivity (Wildman–Crippen MR) is 131 cm³/mol. The molecule has 0 N–H and O–H groups in total. The van der Waals surface area contributed by atoms with Gasteiger partial charge in [0.05, 0.1) is 31.0 Å². The van der Waals surface area contributed by atoms with Gasteiger partial charge in [-0.1, -0.05) is 17.3 Å². The first-order valence-corrected chi connectivity index (χ1v) is 12.5. The van der Waals surface area contributed by atoms with Gasteiger partial charge in [-0.3, -0.25) is 14.4 Å². The number of methoxy groups -OCH3 is 1. The number of hydrogen-bond acceptors (Lipinski definition) is 7. The van der Waals surface area contributed by atoms with Crippen LogP contribution in [0.2, 0.25) is 0 Å². The van der Waals surface area contributed by atoms with Gasteiger partial charge in [0.25, 0.3) is 0 Å². The van der Waals surface area contributed by atoms with Crippen molar-refractivity contribution >= 4 is 11.6 Å². The van der Waals surface area contributed by atoms with Crippen LogP contribution in [-0.4, -0.2) is 102 Å². The summed E-state index contributed by atoms with van der Waals surface area (Å²) in [6, 6.07) is 8.58. The minimum Gasteiger partial charge on any atom is -0.495 e. The molecule has 4 fully saturated rings. The fraction of sp³-hybridized carbons (Fsp3) is 0.640. The molecule has 4 aliphatic rings. The summed E-state index contributed by atoms with van der Waals surface area (Å²) < 4.78 is 7.52. The standard InChI is InChI=1S/C25H37N7O2/c1-28(2)15-20-16-32(27-26-20)17-21-14-19-8-9-31(21)18-22(19)25(33)30-12-10-29(11-13-30)23-6-4-5-7-24(23)34-3/h4-7,16,19,21-22H,8-15,17-18H2,1-3H3/t19-,21+,22-/m0/s1. The summed E-state index contributed by atoms with van der Waals surface area (Å²) >= 11 is 0. The molecule has 4 atom stereocenters. The highest BCUT2D eigenvalue weighted by atomic mass is 16.5. The van der Waals surface area contributed by atoms with Crippen LogP contribution in [0.5, 0.6) is 5.75 Å². The summed E-state index contributed by atoms with van der Waals surface area (Å²) in [5.41, 5.74) is 2.12. The van der Waals surface area contributed by atoms with Gasteiger partial charge >= 0.3 is 0 Å². The van der Waals surface area contributed by atoms with Gasteiger partial charge in [0.2, 0.25) is 5.91 Å². The molecule has 4 saturated heterocycles. The maximum Gasteiger partial charge on any atom is 0.227 e. The summed E-state index contributed by atoms with van der Waals surface area (Å²) in [7, 11) is 5.80. The minimum absolute atomic E-state index is 0.128. The van der Waals surface area contributed by atoms with Crippen LogP contribution in [-0.2, 0) is 17.9 Å². The van der Waals surface area contributed by atoms with Crippen molar-refractivity contribution < 1.29 is 9.53 Å². The highest BCUT2D eigenvalue weighted by Gasteiger charge is 2.44. The number of nitrogens with zero attached hydrogens (tertiary/aromatic N) is 7. The number of anilines is 1. The van der Waals surface area contributed by atoms with E-state index in [1.807, 2.05) is 37.0 Å². The molecule has 1 aromatic heterocycles. The number of piperidine rings is 3. The SMILES string of the molecule is COc1ccccc1N1CCN(C(=O)[C@H]2CN3CC[C@H]2C[C@@H]3Cn2cc(CN(C)C)nn2)CC1. The van der Waals surface area contributed by atoms with E-state index in [1.165, 1.54) is 0 Å². The summed E-state index contributed by atoms with van der Waals surface area (Å²) in [6.45, 7) is 6.86. The second kappa shape index (κ2) is 9.92. The molecule has 184 valence electrons. The van der Waals surface area contributed by atoms with Gasteiger partial charge in [-0.2, -0.15) is 0 Å². The van der Waals surface area contributed by atoms with Crippen molar-refractivity contribution in [1.29, 1.82) is 0 Å². The molecule has 4 aliphatic heterocycles. The van der Waals surface area contributed by atoms with E-state index in [9.17, 15) is 4.79 Å². The van der Waals surface area contributed by atoms with E-state index in [2.05, 4.69) is 42.2 Å². The molecule has 34 heavy (non-hydrogen) atoms. The first-order chi connectivity index (χ1) is 16.5. The van der Waals surface area contributed by atoms with E-state index in [4.69, 9.17) is 4.74 Å². The van der Waals surface area contributed by atoms with Crippen molar-refractivity contribution in [2.24, 2.45) is 11.8 Å². The van der Waals surface area contributed by atoms with Crippen LogP contribution in [0.1, 0.15) is 18.5 Å². The summed E-state index contributed by atoms with van der Waals surface area (Å²) in [5, 5.41) is 8.65. The van der Waals surface area contributed by atoms with Gasteiger partial charge in [0.15, 0.2) is 0 Å². The summed E-state index contributed by atoms with van der Waals surface area (Å²) in [6.07, 6.45) is 4.25. The quantitative estimate of drug-likeness (QED) is 0.610. The topological polar surface area (TPSA) is 70.0 Å². The maximum absolute atomic E-state index is 13.5. The lowest BCUT2D eigenvalue weighted by Crippen LogP contribution is -2.60. The average molecular weight is 468 g/mol. The second-order valence-electron chi connectivity index (χ2n) is 10.2. The normalized spacial score (nSPS) is 26.8. The van der Waals surface area contributed by atoms with Crippen LogP contribution in [0, 0.1) is 11.8 Å². The Balaban J connectivity index is 1.16. The van der Waals surface area contributed by atoms with Crippen LogP contribution < -0.4 is 9.64 Å². The number of piperazine rings is 1. The third-order valence-electron chi connectivity index (χ3n) is 7.68. The van der Waals surface area contributed by atoms with Crippen molar-refractivity contribution in [3.8, 4) is 5.75 Å². The molecule has 1 amide bonds. The number of para-hydroxylation sites is 2. The number of rotatable bonds is 7. The highest BCUT2D eigenvalue weighted by molar-refractivity contribution is 5.80. The van der Waals surface area contributed by atoms with Gasteiger partial charge < -0.3 is 19.4 Å². The van der Waals surface area contributed by atoms with E-state index in [0.29, 0.717) is 17.9 Å². The zero-order valence-electron chi connectivity index (χ0n) is 20.6. The number of aromatic nitrogens is 3. The number of carbonyl (C=O) groups is 1. The average Bonchev–Trinajstić information content (AvgIpc) is 3.30. The molecule has 5 heterocycles. The second-order valence-corrected chi connectivity index (χ2v) is 10.2. The smallest absolute Gasteiger partial charge is 0.227 e. The largest absolute Gasteiger partial charge is 0.495 e. The molecular formula is C25H37N7O2. The number of ether oxygens (including phenoxy) is 1. The molecule has 2 bridgehead atoms. The van der Waals surface area contributed by atoms with Gasteiger partial charge in [0, 0.05) is 51.5 Å². The summed E-state index contributed by atoms with van der Waals surface area (Å²) in [4.78, 5) is 22.5. The Morgan fingerprint density at radius 2 is 1.94 bits per heavy atom. The van der Waals surface area contributed by atoms with Crippen LogP contribution in [0.3, 0.4) is 0 Å². The van der Waals surface area contributed by atoms with Crippen LogP contribution in [0.25, 0.3) is 0 Å². The van der Waals surface area contributed by atoms with Crippen LogP contribution in [0.15, 0.2) is 30.5 Å². The Kier molecular flexibility index (Phi) is 6.74. The molecule has 0 spiro atoms. The first kappa shape index (κ1) is 23.1. The lowest BCUT2D eigenvalue weighted by atomic mass is 9.75. The Labute approximate surface area is 202 Å². The van der Waals surface area contributed by atoms with Crippen molar-refractivity contribution in [2.75, 3.05) is 65.4 Å². The molecule has 6 rings (SSSR count). The molecule has 0 saturated carbocycles. The number of benzene rings is 1. The van der Waals surface area contributed by atoms with E-state index in [1.54, 1.807) is 7.11 Å². The van der Waals surface area contributed by atoms with E-state index < -0.39 is 0 Å². The zero-order valence-corrected chi connectivity index (χ0v) is 20.6. The van der Waals surface area contributed by atoms with E-state index in [-0.39, 0.29) is 5.92 Å². The fourth-order valence-electron chi connectivity index (χ4n) is 5.94. The molecule has 0 aliphatic carbocycles. The lowest BCUT2D eigenvalue weighted by Gasteiger charge is -2.50.